The zero-order chi connectivity index (χ0) is 35.0. The van der Waals surface area contributed by atoms with Gasteiger partial charge in [-0.3, -0.25) is 0 Å². The second-order valence-corrected chi connectivity index (χ2v) is 12.9. The van der Waals surface area contributed by atoms with Crippen molar-refractivity contribution in [3.05, 3.63) is 167 Å². The van der Waals surface area contributed by atoms with Crippen molar-refractivity contribution in [2.75, 3.05) is 24.0 Å². The van der Waals surface area contributed by atoms with E-state index in [2.05, 4.69) is 171 Å². The van der Waals surface area contributed by atoms with Crippen LogP contribution in [-0.2, 0) is 35.5 Å². The third-order valence-corrected chi connectivity index (χ3v) is 9.43. The Hall–Kier alpha value is -5.16. The molecule has 0 saturated carbocycles. The molecule has 0 aliphatic carbocycles. The van der Waals surface area contributed by atoms with Crippen LogP contribution in [0.25, 0.3) is 11.1 Å². The predicted molar refractivity (Wildman–Crippen MR) is 211 cm³/mol. The number of nitrogens with zero attached hydrogens (tertiary/aromatic N) is 2. The van der Waals surface area contributed by atoms with Crippen molar-refractivity contribution < 1.29 is 9.47 Å². The molecule has 0 aliphatic heterocycles. The Labute approximate surface area is 298 Å². The number of anilines is 6. The molecule has 0 amide bonds. The van der Waals surface area contributed by atoms with Gasteiger partial charge in [-0.15, -0.1) is 0 Å². The van der Waals surface area contributed by atoms with Gasteiger partial charge >= 0.3 is 0 Å². The van der Waals surface area contributed by atoms with Crippen LogP contribution in [0.5, 0.6) is 0 Å². The molecule has 0 atom stereocenters. The fraction of sp³-hybridized carbons (Fsp3) is 0.217. The number of benzene rings is 6. The molecule has 0 N–H and O–H groups in total. The van der Waals surface area contributed by atoms with Gasteiger partial charge in [0.15, 0.2) is 0 Å². The highest BCUT2D eigenvalue weighted by atomic mass is 16.5. The molecule has 4 nitrogen and oxygen atoms in total. The normalized spacial score (nSPS) is 11.1. The van der Waals surface area contributed by atoms with Gasteiger partial charge in [-0.1, -0.05) is 74.5 Å². The van der Waals surface area contributed by atoms with E-state index in [1.807, 2.05) is 0 Å². The number of hydrogen-bond donors (Lipinski definition) is 0. The lowest BCUT2D eigenvalue weighted by Gasteiger charge is -2.28. The minimum Gasteiger partial charge on any atom is -0.380 e. The maximum absolute atomic E-state index is 5.37. The lowest BCUT2D eigenvalue weighted by atomic mass is 9.98. The maximum atomic E-state index is 5.37. The number of ether oxygens (including phenoxy) is 2. The molecule has 0 spiro atoms. The average molecular weight is 661 g/mol. The third kappa shape index (κ3) is 7.68. The summed E-state index contributed by atoms with van der Waals surface area (Å²) in [6.07, 6.45) is 2.05. The predicted octanol–water partition coefficient (Wildman–Crippen LogP) is 12.3. The minimum absolute atomic E-state index is 0.589. The third-order valence-electron chi connectivity index (χ3n) is 9.43. The van der Waals surface area contributed by atoms with Crippen molar-refractivity contribution in [2.24, 2.45) is 0 Å². The van der Waals surface area contributed by atoms with E-state index < -0.39 is 0 Å². The van der Waals surface area contributed by atoms with Gasteiger partial charge in [-0.25, -0.2) is 0 Å². The second-order valence-electron chi connectivity index (χ2n) is 12.9. The van der Waals surface area contributed by atoms with Gasteiger partial charge in [0.05, 0.1) is 13.2 Å². The minimum atomic E-state index is 0.589. The van der Waals surface area contributed by atoms with Crippen LogP contribution < -0.4 is 9.80 Å². The standard InChI is InChI=1S/C46H48N2O2/c1-7-35-9-19-41(20-10-35)47(42-21-11-36(8-2)12-22-42)45-27-17-39(29-33(45)3)40-18-28-46(34(4)30-40)48(43-23-13-37(14-24-43)31-49-5)44-25-15-38(16-26-44)32-50-6/h9-30H,7-8,31-32H2,1-6H3. The Balaban J connectivity index is 1.36. The summed E-state index contributed by atoms with van der Waals surface area (Å²) in [6, 6.07) is 48.8. The van der Waals surface area contributed by atoms with Crippen molar-refractivity contribution in [3.63, 3.8) is 0 Å². The quantitative estimate of drug-likeness (QED) is 0.123. The molecule has 0 heterocycles. The lowest BCUT2D eigenvalue weighted by Crippen LogP contribution is -2.12. The molecular formula is C46H48N2O2. The zero-order valence-electron chi connectivity index (χ0n) is 30.2. The number of aryl methyl sites for hydroxylation is 4. The van der Waals surface area contributed by atoms with Crippen LogP contribution in [0.4, 0.5) is 34.1 Å². The first-order valence-electron chi connectivity index (χ1n) is 17.6. The van der Waals surface area contributed by atoms with E-state index in [4.69, 9.17) is 9.47 Å². The van der Waals surface area contributed by atoms with Gasteiger partial charge < -0.3 is 19.3 Å². The van der Waals surface area contributed by atoms with Crippen molar-refractivity contribution >= 4 is 34.1 Å². The van der Waals surface area contributed by atoms with Gasteiger partial charge in [-0.05, 0) is 144 Å². The van der Waals surface area contributed by atoms with Crippen molar-refractivity contribution in [1.82, 2.24) is 0 Å². The van der Waals surface area contributed by atoms with Crippen LogP contribution in [0.1, 0.15) is 47.2 Å². The molecule has 0 radical (unpaired) electrons. The summed E-state index contributed by atoms with van der Waals surface area (Å²) in [5.41, 5.74) is 16.6. The molecule has 0 fully saturated rings. The summed E-state index contributed by atoms with van der Waals surface area (Å²) in [5.74, 6) is 0. The van der Waals surface area contributed by atoms with Gasteiger partial charge in [-0.2, -0.15) is 0 Å². The maximum Gasteiger partial charge on any atom is 0.0713 e. The molecule has 0 saturated heterocycles. The highest BCUT2D eigenvalue weighted by molar-refractivity contribution is 5.83. The topological polar surface area (TPSA) is 24.9 Å². The summed E-state index contributed by atoms with van der Waals surface area (Å²) >= 11 is 0. The Bertz CT molecular complexity index is 1900. The van der Waals surface area contributed by atoms with Gasteiger partial charge in [0.2, 0.25) is 0 Å². The summed E-state index contributed by atoms with van der Waals surface area (Å²) in [6.45, 7) is 10.00. The second kappa shape index (κ2) is 16.0. The number of hydrogen-bond acceptors (Lipinski definition) is 4. The van der Waals surface area contributed by atoms with Crippen molar-refractivity contribution in [2.45, 2.75) is 53.8 Å². The molecular weight excluding hydrogens is 613 g/mol. The van der Waals surface area contributed by atoms with Crippen LogP contribution in [0.2, 0.25) is 0 Å². The summed E-state index contributed by atoms with van der Waals surface area (Å²) in [7, 11) is 3.46. The van der Waals surface area contributed by atoms with Crippen LogP contribution >= 0.6 is 0 Å². The molecule has 0 unspecified atom stereocenters. The first kappa shape index (κ1) is 34.7. The molecule has 6 aromatic rings. The Morgan fingerprint density at radius 1 is 0.400 bits per heavy atom. The molecule has 0 aromatic heterocycles. The summed E-state index contributed by atoms with van der Waals surface area (Å²) in [4.78, 5) is 4.70. The monoisotopic (exact) mass is 660 g/mol. The highest BCUT2D eigenvalue weighted by Gasteiger charge is 2.18. The first-order chi connectivity index (χ1) is 24.4. The van der Waals surface area contributed by atoms with Crippen LogP contribution in [-0.4, -0.2) is 14.2 Å². The van der Waals surface area contributed by atoms with Crippen LogP contribution in [0, 0.1) is 13.8 Å². The molecule has 6 rings (SSSR count). The number of rotatable bonds is 13. The first-order valence-corrected chi connectivity index (χ1v) is 17.6. The van der Waals surface area contributed by atoms with E-state index >= 15 is 0 Å². The van der Waals surface area contributed by atoms with E-state index in [1.54, 1.807) is 14.2 Å². The highest BCUT2D eigenvalue weighted by Crippen LogP contribution is 2.41. The van der Waals surface area contributed by atoms with E-state index in [-0.39, 0.29) is 0 Å². The number of methoxy groups -OCH3 is 2. The summed E-state index contributed by atoms with van der Waals surface area (Å²) < 4.78 is 10.7. The fourth-order valence-corrected chi connectivity index (χ4v) is 6.60. The van der Waals surface area contributed by atoms with Crippen molar-refractivity contribution in [3.8, 4) is 11.1 Å². The fourth-order valence-electron chi connectivity index (χ4n) is 6.60. The molecule has 6 aromatic carbocycles. The van der Waals surface area contributed by atoms with Crippen LogP contribution in [0.3, 0.4) is 0 Å². The molecule has 0 aliphatic rings. The zero-order valence-corrected chi connectivity index (χ0v) is 30.2. The smallest absolute Gasteiger partial charge is 0.0713 e. The Morgan fingerprint density at radius 3 is 0.960 bits per heavy atom. The Morgan fingerprint density at radius 2 is 0.700 bits per heavy atom. The van der Waals surface area contributed by atoms with Crippen LogP contribution in [0.15, 0.2) is 133 Å². The molecule has 254 valence electrons. The average Bonchev–Trinajstić information content (AvgIpc) is 3.15. The van der Waals surface area contributed by atoms with Gasteiger partial charge in [0.25, 0.3) is 0 Å². The SMILES string of the molecule is CCc1ccc(N(c2ccc(CC)cc2)c2ccc(-c3ccc(N(c4ccc(COC)cc4)c4ccc(COC)cc4)c(C)c3)cc2C)cc1. The molecule has 0 bridgehead atoms. The van der Waals surface area contributed by atoms with Gasteiger partial charge in [0, 0.05) is 48.3 Å². The van der Waals surface area contributed by atoms with Gasteiger partial charge in [0.1, 0.15) is 0 Å². The van der Waals surface area contributed by atoms with E-state index in [9.17, 15) is 0 Å². The molecule has 4 heteroatoms. The molecule has 50 heavy (non-hydrogen) atoms. The van der Waals surface area contributed by atoms with E-state index in [1.165, 1.54) is 39.1 Å². The van der Waals surface area contributed by atoms with E-state index in [0.717, 1.165) is 52.4 Å². The Kier molecular flexibility index (Phi) is 11.1. The largest absolute Gasteiger partial charge is 0.380 e. The summed E-state index contributed by atoms with van der Waals surface area (Å²) in [5, 5.41) is 0. The lowest BCUT2D eigenvalue weighted by molar-refractivity contribution is 0.185. The van der Waals surface area contributed by atoms with Crippen molar-refractivity contribution in [1.29, 1.82) is 0 Å². The van der Waals surface area contributed by atoms with E-state index in [0.29, 0.717) is 13.2 Å².